The number of nitrogens with one attached hydrogen (secondary N) is 2. The van der Waals surface area contributed by atoms with Crippen LogP contribution >= 0.6 is 22.9 Å². The van der Waals surface area contributed by atoms with Crippen molar-refractivity contribution in [1.29, 1.82) is 0 Å². The molecule has 0 saturated heterocycles. The fourth-order valence-corrected chi connectivity index (χ4v) is 1.94. The van der Waals surface area contributed by atoms with Crippen LogP contribution in [0.4, 0.5) is 5.95 Å². The SMILES string of the molecule is COc1n[nH]c(NC(=O)c2ccc(Cl)s2)n1. The molecule has 0 unspecified atom stereocenters. The lowest BCUT2D eigenvalue weighted by molar-refractivity contribution is 0.102. The van der Waals surface area contributed by atoms with E-state index in [4.69, 9.17) is 16.3 Å². The Kier molecular flexibility index (Phi) is 3.07. The summed E-state index contributed by atoms with van der Waals surface area (Å²) >= 11 is 6.90. The highest BCUT2D eigenvalue weighted by Crippen LogP contribution is 2.22. The molecule has 2 rings (SSSR count). The standard InChI is InChI=1S/C8H7ClN4O2S/c1-15-8-11-7(12-13-8)10-6(14)4-2-3-5(9)16-4/h2-3H,1H3,(H2,10,11,12,13,14). The van der Waals surface area contributed by atoms with Crippen molar-refractivity contribution in [1.82, 2.24) is 15.2 Å². The van der Waals surface area contributed by atoms with Crippen LogP contribution in [0.5, 0.6) is 6.01 Å². The van der Waals surface area contributed by atoms with Gasteiger partial charge in [-0.25, -0.2) is 5.10 Å². The Morgan fingerprint density at radius 2 is 2.44 bits per heavy atom. The number of nitrogens with zero attached hydrogens (tertiary/aromatic N) is 2. The molecule has 0 radical (unpaired) electrons. The number of amides is 1. The van der Waals surface area contributed by atoms with Crippen molar-refractivity contribution >= 4 is 34.8 Å². The van der Waals surface area contributed by atoms with Crippen LogP contribution in [0.2, 0.25) is 4.34 Å². The Balaban J connectivity index is 2.07. The van der Waals surface area contributed by atoms with Gasteiger partial charge in [0.1, 0.15) is 0 Å². The van der Waals surface area contributed by atoms with E-state index in [-0.39, 0.29) is 17.9 Å². The second-order valence-corrected chi connectivity index (χ2v) is 4.44. The first-order valence-corrected chi connectivity index (χ1v) is 5.41. The van der Waals surface area contributed by atoms with Crippen LogP contribution in [-0.4, -0.2) is 28.2 Å². The number of anilines is 1. The van der Waals surface area contributed by atoms with E-state index >= 15 is 0 Å². The van der Waals surface area contributed by atoms with Crippen molar-refractivity contribution in [3.05, 3.63) is 21.3 Å². The molecule has 0 spiro atoms. The minimum Gasteiger partial charge on any atom is -0.466 e. The number of hydrogen-bond donors (Lipinski definition) is 2. The summed E-state index contributed by atoms with van der Waals surface area (Å²) in [6.45, 7) is 0. The molecule has 0 aromatic carbocycles. The van der Waals surface area contributed by atoms with E-state index in [1.165, 1.54) is 18.4 Å². The molecule has 8 heteroatoms. The van der Waals surface area contributed by atoms with Crippen molar-refractivity contribution < 1.29 is 9.53 Å². The van der Waals surface area contributed by atoms with E-state index < -0.39 is 0 Å². The molecule has 0 saturated carbocycles. The smallest absolute Gasteiger partial charge is 0.336 e. The molecule has 84 valence electrons. The maximum absolute atomic E-state index is 11.6. The zero-order valence-electron chi connectivity index (χ0n) is 8.15. The first-order valence-electron chi connectivity index (χ1n) is 4.22. The van der Waals surface area contributed by atoms with E-state index in [9.17, 15) is 4.79 Å². The van der Waals surface area contributed by atoms with Crippen molar-refractivity contribution in [3.63, 3.8) is 0 Å². The number of carbonyl (C=O) groups is 1. The Labute approximate surface area is 99.6 Å². The highest BCUT2D eigenvalue weighted by Gasteiger charge is 2.11. The highest BCUT2D eigenvalue weighted by atomic mass is 35.5. The van der Waals surface area contributed by atoms with Gasteiger partial charge in [0.25, 0.3) is 5.91 Å². The number of ether oxygens (including phenoxy) is 1. The van der Waals surface area contributed by atoms with Gasteiger partial charge in [0.05, 0.1) is 16.3 Å². The Hall–Kier alpha value is -1.60. The van der Waals surface area contributed by atoms with Crippen LogP contribution in [0.25, 0.3) is 0 Å². The third-order valence-electron chi connectivity index (χ3n) is 1.68. The molecule has 2 N–H and O–H groups in total. The molecular weight excluding hydrogens is 252 g/mol. The quantitative estimate of drug-likeness (QED) is 0.879. The molecule has 2 aromatic heterocycles. The van der Waals surface area contributed by atoms with Gasteiger partial charge in [-0.15, -0.1) is 16.4 Å². The number of carbonyl (C=O) groups excluding carboxylic acids is 1. The Morgan fingerprint density at radius 3 is 3.00 bits per heavy atom. The number of aromatic amines is 1. The Bertz CT molecular complexity index is 510. The van der Waals surface area contributed by atoms with E-state index in [1.54, 1.807) is 12.1 Å². The summed E-state index contributed by atoms with van der Waals surface area (Å²) in [5.74, 6) is -0.0675. The summed E-state index contributed by atoms with van der Waals surface area (Å²) in [6.07, 6.45) is 0. The first-order chi connectivity index (χ1) is 7.69. The monoisotopic (exact) mass is 258 g/mol. The van der Waals surface area contributed by atoms with Crippen LogP contribution in [0.3, 0.4) is 0 Å². The van der Waals surface area contributed by atoms with Crippen LogP contribution in [0.15, 0.2) is 12.1 Å². The number of methoxy groups -OCH3 is 1. The number of H-pyrrole nitrogens is 1. The van der Waals surface area contributed by atoms with Gasteiger partial charge < -0.3 is 4.74 Å². The maximum Gasteiger partial charge on any atom is 0.336 e. The van der Waals surface area contributed by atoms with Crippen LogP contribution in [0, 0.1) is 0 Å². The topological polar surface area (TPSA) is 79.9 Å². The zero-order chi connectivity index (χ0) is 11.5. The number of rotatable bonds is 3. The van der Waals surface area contributed by atoms with Crippen molar-refractivity contribution in [2.75, 3.05) is 12.4 Å². The second kappa shape index (κ2) is 4.50. The second-order valence-electron chi connectivity index (χ2n) is 2.73. The van der Waals surface area contributed by atoms with Crippen molar-refractivity contribution in [3.8, 4) is 6.01 Å². The van der Waals surface area contributed by atoms with Gasteiger partial charge in [0.15, 0.2) is 0 Å². The van der Waals surface area contributed by atoms with Gasteiger partial charge in [-0.3, -0.25) is 10.1 Å². The lowest BCUT2D eigenvalue weighted by atomic mass is 10.4. The molecule has 0 bridgehead atoms. The third kappa shape index (κ3) is 2.31. The van der Waals surface area contributed by atoms with Crippen LogP contribution in [-0.2, 0) is 0 Å². The van der Waals surface area contributed by atoms with E-state index in [0.29, 0.717) is 9.21 Å². The molecule has 6 nitrogen and oxygen atoms in total. The van der Waals surface area contributed by atoms with Gasteiger partial charge in [-0.1, -0.05) is 11.6 Å². The summed E-state index contributed by atoms with van der Waals surface area (Å²) in [4.78, 5) is 16.0. The third-order valence-corrected chi connectivity index (χ3v) is 2.91. The van der Waals surface area contributed by atoms with Gasteiger partial charge in [0, 0.05) is 0 Å². The molecule has 1 amide bonds. The molecule has 16 heavy (non-hydrogen) atoms. The molecule has 0 aliphatic rings. The average molecular weight is 259 g/mol. The van der Waals surface area contributed by atoms with E-state index in [2.05, 4.69) is 20.5 Å². The van der Waals surface area contributed by atoms with Gasteiger partial charge >= 0.3 is 6.01 Å². The number of halogens is 1. The summed E-state index contributed by atoms with van der Waals surface area (Å²) in [7, 11) is 1.44. The normalized spacial score (nSPS) is 10.1. The average Bonchev–Trinajstić information content (AvgIpc) is 2.87. The van der Waals surface area contributed by atoms with Crippen molar-refractivity contribution in [2.45, 2.75) is 0 Å². The molecule has 0 aliphatic carbocycles. The Morgan fingerprint density at radius 1 is 1.62 bits per heavy atom. The van der Waals surface area contributed by atoms with E-state index in [1.807, 2.05) is 0 Å². The maximum atomic E-state index is 11.6. The molecule has 0 fully saturated rings. The summed E-state index contributed by atoms with van der Waals surface area (Å²) in [5.41, 5.74) is 0. The number of thiophene rings is 1. The molecule has 2 aromatic rings. The predicted molar refractivity (Wildman–Crippen MR) is 60.2 cm³/mol. The highest BCUT2D eigenvalue weighted by molar-refractivity contribution is 7.18. The molecular formula is C8H7ClN4O2S. The lowest BCUT2D eigenvalue weighted by Crippen LogP contribution is -2.11. The minimum absolute atomic E-state index is 0.166. The summed E-state index contributed by atoms with van der Waals surface area (Å²) in [5, 5.41) is 8.74. The molecule has 2 heterocycles. The van der Waals surface area contributed by atoms with Gasteiger partial charge in [-0.2, -0.15) is 4.98 Å². The minimum atomic E-state index is -0.296. The van der Waals surface area contributed by atoms with Gasteiger partial charge in [-0.05, 0) is 12.1 Å². The summed E-state index contributed by atoms with van der Waals surface area (Å²) < 4.78 is 5.32. The first kappa shape index (κ1) is 10.9. The molecule has 0 aliphatic heterocycles. The van der Waals surface area contributed by atoms with E-state index in [0.717, 1.165) is 0 Å². The van der Waals surface area contributed by atoms with Crippen LogP contribution in [0.1, 0.15) is 9.67 Å². The summed E-state index contributed by atoms with van der Waals surface area (Å²) in [6, 6.07) is 3.46. The fourth-order valence-electron chi connectivity index (χ4n) is 0.999. The van der Waals surface area contributed by atoms with Gasteiger partial charge in [0.2, 0.25) is 5.95 Å². The molecule has 0 atom stereocenters. The zero-order valence-corrected chi connectivity index (χ0v) is 9.72. The fraction of sp³-hybridized carbons (Fsp3) is 0.125. The number of hydrogen-bond acceptors (Lipinski definition) is 5. The largest absolute Gasteiger partial charge is 0.466 e. The number of aromatic nitrogens is 3. The predicted octanol–water partition coefficient (Wildman–Crippen LogP) is 1.78. The lowest BCUT2D eigenvalue weighted by Gasteiger charge is -1.96. The van der Waals surface area contributed by atoms with Crippen molar-refractivity contribution in [2.24, 2.45) is 0 Å². The van der Waals surface area contributed by atoms with Crippen LogP contribution < -0.4 is 10.1 Å².